The minimum atomic E-state index is 0.217. The van der Waals surface area contributed by atoms with Gasteiger partial charge in [0, 0.05) is 21.7 Å². The summed E-state index contributed by atoms with van der Waals surface area (Å²) < 4.78 is 0. The molecule has 98 valence electrons. The van der Waals surface area contributed by atoms with Crippen molar-refractivity contribution in [1.29, 1.82) is 0 Å². The van der Waals surface area contributed by atoms with Gasteiger partial charge in [-0.05, 0) is 44.1 Å². The lowest BCUT2D eigenvalue weighted by Crippen LogP contribution is -2.42. The summed E-state index contributed by atoms with van der Waals surface area (Å²) in [7, 11) is 0. The number of nitrogens with one attached hydrogen (secondary N) is 1. The average molecular weight is 280 g/mol. The van der Waals surface area contributed by atoms with Crippen LogP contribution in [-0.4, -0.2) is 16.3 Å². The minimum Gasteiger partial charge on any atom is -0.389 e. The summed E-state index contributed by atoms with van der Waals surface area (Å²) in [6.45, 7) is 4.40. The van der Waals surface area contributed by atoms with E-state index in [1.54, 1.807) is 11.8 Å². The molecule has 1 fully saturated rings. The van der Waals surface area contributed by atoms with Gasteiger partial charge in [0.05, 0.1) is 0 Å². The van der Waals surface area contributed by atoms with Crippen molar-refractivity contribution < 1.29 is 0 Å². The molecule has 1 aromatic carbocycles. The van der Waals surface area contributed by atoms with Gasteiger partial charge in [-0.15, -0.1) is 11.8 Å². The van der Waals surface area contributed by atoms with Crippen LogP contribution in [0.4, 0.5) is 5.69 Å². The Kier molecular flexibility index (Phi) is 4.17. The number of hydrogen-bond acceptors (Lipinski definition) is 3. The van der Waals surface area contributed by atoms with Crippen molar-refractivity contribution in [3.8, 4) is 0 Å². The first-order valence-electron chi connectivity index (χ1n) is 6.39. The van der Waals surface area contributed by atoms with Gasteiger partial charge in [0.15, 0.2) is 0 Å². The van der Waals surface area contributed by atoms with Crippen LogP contribution in [0.3, 0.4) is 0 Å². The number of thiocarbonyl (C=S) groups is 1. The standard InChI is InChI=1S/C14H20N2S2/c1-3-18-11-7-4-6-10(12(11)13(15)17)16-14(2)8-5-9-14/h4,6-7,16H,3,5,8-9H2,1-2H3,(H2,15,17). The third-order valence-electron chi connectivity index (χ3n) is 3.47. The highest BCUT2D eigenvalue weighted by Gasteiger charge is 2.32. The Morgan fingerprint density at radius 1 is 1.50 bits per heavy atom. The van der Waals surface area contributed by atoms with Crippen LogP contribution in [0.25, 0.3) is 0 Å². The first-order chi connectivity index (χ1) is 8.56. The van der Waals surface area contributed by atoms with E-state index in [1.165, 1.54) is 24.2 Å². The van der Waals surface area contributed by atoms with Crippen molar-refractivity contribution in [3.63, 3.8) is 0 Å². The number of hydrogen-bond donors (Lipinski definition) is 2. The summed E-state index contributed by atoms with van der Waals surface area (Å²) in [5, 5.41) is 3.62. The Labute approximate surface area is 119 Å². The van der Waals surface area contributed by atoms with Gasteiger partial charge >= 0.3 is 0 Å². The molecule has 0 aromatic heterocycles. The Bertz CT molecular complexity index is 453. The van der Waals surface area contributed by atoms with E-state index >= 15 is 0 Å². The molecule has 0 unspecified atom stereocenters. The molecular weight excluding hydrogens is 260 g/mol. The molecule has 1 aromatic rings. The molecule has 0 heterocycles. The van der Waals surface area contributed by atoms with E-state index in [2.05, 4.69) is 37.4 Å². The van der Waals surface area contributed by atoms with Gasteiger partial charge in [-0.3, -0.25) is 0 Å². The largest absolute Gasteiger partial charge is 0.389 e. The second-order valence-electron chi connectivity index (χ2n) is 5.02. The van der Waals surface area contributed by atoms with Crippen LogP contribution in [-0.2, 0) is 0 Å². The van der Waals surface area contributed by atoms with E-state index in [1.807, 2.05) is 0 Å². The van der Waals surface area contributed by atoms with Crippen molar-refractivity contribution >= 4 is 34.7 Å². The van der Waals surface area contributed by atoms with Gasteiger partial charge in [0.1, 0.15) is 4.99 Å². The zero-order valence-electron chi connectivity index (χ0n) is 11.0. The first kappa shape index (κ1) is 13.7. The van der Waals surface area contributed by atoms with Gasteiger partial charge in [0.2, 0.25) is 0 Å². The maximum Gasteiger partial charge on any atom is 0.107 e. The molecule has 4 heteroatoms. The molecule has 1 aliphatic carbocycles. The average Bonchev–Trinajstić information content (AvgIpc) is 2.27. The molecule has 0 saturated heterocycles. The maximum absolute atomic E-state index is 5.90. The molecule has 0 spiro atoms. The minimum absolute atomic E-state index is 0.217. The lowest BCUT2D eigenvalue weighted by atomic mass is 9.78. The molecule has 0 bridgehead atoms. The van der Waals surface area contributed by atoms with E-state index in [0.717, 1.165) is 17.0 Å². The van der Waals surface area contributed by atoms with Gasteiger partial charge in [-0.25, -0.2) is 0 Å². The zero-order valence-corrected chi connectivity index (χ0v) is 12.6. The molecule has 0 radical (unpaired) electrons. The molecule has 18 heavy (non-hydrogen) atoms. The molecule has 0 aliphatic heterocycles. The number of thioether (sulfide) groups is 1. The van der Waals surface area contributed by atoms with Crippen molar-refractivity contribution in [1.82, 2.24) is 0 Å². The zero-order chi connectivity index (χ0) is 13.2. The fourth-order valence-corrected chi connectivity index (χ4v) is 3.46. The second-order valence-corrected chi connectivity index (χ2v) is 6.76. The lowest BCUT2D eigenvalue weighted by molar-refractivity contribution is 0.306. The molecule has 3 N–H and O–H groups in total. The smallest absolute Gasteiger partial charge is 0.107 e. The van der Waals surface area contributed by atoms with Crippen molar-refractivity contribution in [3.05, 3.63) is 23.8 Å². The normalized spacial score (nSPS) is 17.0. The summed E-state index contributed by atoms with van der Waals surface area (Å²) >= 11 is 7.01. The summed E-state index contributed by atoms with van der Waals surface area (Å²) in [6, 6.07) is 6.25. The molecule has 1 aliphatic rings. The van der Waals surface area contributed by atoms with E-state index < -0.39 is 0 Å². The number of rotatable bonds is 5. The fourth-order valence-electron chi connectivity index (χ4n) is 2.32. The highest BCUT2D eigenvalue weighted by atomic mass is 32.2. The van der Waals surface area contributed by atoms with E-state index in [9.17, 15) is 0 Å². The SMILES string of the molecule is CCSc1cccc(NC2(C)CCC2)c1C(N)=S. The molecule has 1 saturated carbocycles. The molecule has 2 nitrogen and oxygen atoms in total. The monoisotopic (exact) mass is 280 g/mol. The van der Waals surface area contributed by atoms with Crippen LogP contribution < -0.4 is 11.1 Å². The Hall–Kier alpha value is -0.740. The number of benzene rings is 1. The van der Waals surface area contributed by atoms with Crippen LogP contribution >= 0.6 is 24.0 Å². The molecule has 0 atom stereocenters. The van der Waals surface area contributed by atoms with Crippen molar-refractivity contribution in [2.24, 2.45) is 5.73 Å². The quantitative estimate of drug-likeness (QED) is 0.636. The van der Waals surface area contributed by atoms with Gasteiger partial charge in [-0.2, -0.15) is 0 Å². The third-order valence-corrected chi connectivity index (χ3v) is 4.61. The summed E-state index contributed by atoms with van der Waals surface area (Å²) in [5.74, 6) is 1.02. The van der Waals surface area contributed by atoms with E-state index in [-0.39, 0.29) is 5.54 Å². The molecule has 2 rings (SSSR count). The third kappa shape index (κ3) is 2.81. The summed E-state index contributed by atoms with van der Waals surface area (Å²) in [5.41, 5.74) is 8.21. The van der Waals surface area contributed by atoms with Crippen LogP contribution in [0.5, 0.6) is 0 Å². The van der Waals surface area contributed by atoms with Gasteiger partial charge in [-0.1, -0.05) is 25.2 Å². The first-order valence-corrected chi connectivity index (χ1v) is 7.79. The van der Waals surface area contributed by atoms with E-state index in [0.29, 0.717) is 4.99 Å². The van der Waals surface area contributed by atoms with Crippen LogP contribution in [0.2, 0.25) is 0 Å². The summed E-state index contributed by atoms with van der Waals surface area (Å²) in [6.07, 6.45) is 3.74. The van der Waals surface area contributed by atoms with E-state index in [4.69, 9.17) is 18.0 Å². The highest BCUT2D eigenvalue weighted by Crippen LogP contribution is 2.37. The molecular formula is C14H20N2S2. The van der Waals surface area contributed by atoms with Crippen molar-refractivity contribution in [2.45, 2.75) is 43.5 Å². The Balaban J connectivity index is 2.33. The molecule has 0 amide bonds. The Morgan fingerprint density at radius 3 is 2.72 bits per heavy atom. The predicted molar refractivity (Wildman–Crippen MR) is 84.6 cm³/mol. The van der Waals surface area contributed by atoms with Crippen LogP contribution in [0, 0.1) is 0 Å². The number of anilines is 1. The fraction of sp³-hybridized carbons (Fsp3) is 0.500. The van der Waals surface area contributed by atoms with Gasteiger partial charge < -0.3 is 11.1 Å². The van der Waals surface area contributed by atoms with Gasteiger partial charge in [0.25, 0.3) is 0 Å². The van der Waals surface area contributed by atoms with Crippen molar-refractivity contribution in [2.75, 3.05) is 11.1 Å². The topological polar surface area (TPSA) is 38.0 Å². The second kappa shape index (κ2) is 5.49. The number of nitrogens with two attached hydrogens (primary N) is 1. The summed E-state index contributed by atoms with van der Waals surface area (Å²) in [4.78, 5) is 1.66. The lowest BCUT2D eigenvalue weighted by Gasteiger charge is -2.40. The predicted octanol–water partition coefficient (Wildman–Crippen LogP) is 3.79. The van der Waals surface area contributed by atoms with Crippen LogP contribution in [0.1, 0.15) is 38.7 Å². The van der Waals surface area contributed by atoms with Crippen LogP contribution in [0.15, 0.2) is 23.1 Å². The highest BCUT2D eigenvalue weighted by molar-refractivity contribution is 7.99. The Morgan fingerprint density at radius 2 is 2.22 bits per heavy atom. The maximum atomic E-state index is 5.90.